The van der Waals surface area contributed by atoms with Crippen LogP contribution in [0.15, 0.2) is 12.1 Å². The van der Waals surface area contributed by atoms with Gasteiger partial charge >= 0.3 is 0 Å². The van der Waals surface area contributed by atoms with Gasteiger partial charge < -0.3 is 15.2 Å². The first-order valence-electron chi connectivity index (χ1n) is 5.92. The normalized spacial score (nSPS) is 22.5. The Morgan fingerprint density at radius 3 is 2.82 bits per heavy atom. The molecule has 92 valence electrons. The first kappa shape index (κ1) is 11.3. The van der Waals surface area contributed by atoms with E-state index in [2.05, 4.69) is 6.07 Å². The predicted molar refractivity (Wildman–Crippen MR) is 66.3 cm³/mol. The van der Waals surface area contributed by atoms with Gasteiger partial charge in [0.25, 0.3) is 0 Å². The highest BCUT2D eigenvalue weighted by atomic mass is 35.5. The fourth-order valence-corrected chi connectivity index (χ4v) is 2.96. The van der Waals surface area contributed by atoms with Gasteiger partial charge in [-0.05, 0) is 37.5 Å². The van der Waals surface area contributed by atoms with Crippen molar-refractivity contribution >= 4 is 11.6 Å². The minimum absolute atomic E-state index is 0.0633. The Labute approximate surface area is 106 Å². The molecule has 1 heterocycles. The molecule has 0 spiro atoms. The lowest BCUT2D eigenvalue weighted by Crippen LogP contribution is -2.32. The summed E-state index contributed by atoms with van der Waals surface area (Å²) >= 11 is 6.36. The number of rotatable bonds is 2. The van der Waals surface area contributed by atoms with Crippen LogP contribution in [-0.4, -0.2) is 12.8 Å². The van der Waals surface area contributed by atoms with Crippen molar-refractivity contribution < 1.29 is 9.47 Å². The monoisotopic (exact) mass is 253 g/mol. The minimum atomic E-state index is 0.0633. The molecule has 1 aromatic rings. The number of benzene rings is 1. The van der Waals surface area contributed by atoms with Gasteiger partial charge in [-0.15, -0.1) is 0 Å². The van der Waals surface area contributed by atoms with Crippen molar-refractivity contribution in [3.05, 3.63) is 28.3 Å². The fourth-order valence-electron chi connectivity index (χ4n) is 2.58. The van der Waals surface area contributed by atoms with Crippen LogP contribution in [0, 0.1) is 0 Å². The van der Waals surface area contributed by atoms with Crippen molar-refractivity contribution in [2.24, 2.45) is 5.73 Å². The van der Waals surface area contributed by atoms with Gasteiger partial charge in [-0.2, -0.15) is 0 Å². The highest BCUT2D eigenvalue weighted by Crippen LogP contribution is 2.53. The second kappa shape index (κ2) is 3.87. The molecule has 2 aliphatic rings. The first-order chi connectivity index (χ1) is 8.13. The Bertz CT molecular complexity index is 455. The summed E-state index contributed by atoms with van der Waals surface area (Å²) < 4.78 is 10.7. The molecular formula is C13H16ClNO2. The molecule has 0 aromatic heterocycles. The summed E-state index contributed by atoms with van der Waals surface area (Å²) in [5.41, 5.74) is 8.30. The van der Waals surface area contributed by atoms with Gasteiger partial charge in [0, 0.05) is 22.0 Å². The molecule has 1 unspecified atom stereocenters. The molecular weight excluding hydrogens is 238 g/mol. The molecule has 1 aliphatic carbocycles. The van der Waals surface area contributed by atoms with Crippen LogP contribution in [0.25, 0.3) is 0 Å². The second-order valence-electron chi connectivity index (χ2n) is 5.00. The van der Waals surface area contributed by atoms with Crippen LogP contribution in [0.5, 0.6) is 5.75 Å². The van der Waals surface area contributed by atoms with Crippen LogP contribution in [0.1, 0.15) is 30.9 Å². The zero-order valence-electron chi connectivity index (χ0n) is 9.83. The van der Waals surface area contributed by atoms with E-state index in [0.717, 1.165) is 34.7 Å². The summed E-state index contributed by atoms with van der Waals surface area (Å²) in [6.07, 6.45) is 2.22. The molecule has 3 rings (SSSR count). The fraction of sp³-hybridized carbons (Fsp3) is 0.538. The van der Waals surface area contributed by atoms with Crippen LogP contribution >= 0.6 is 11.6 Å². The van der Waals surface area contributed by atoms with Crippen molar-refractivity contribution in [3.63, 3.8) is 0 Å². The topological polar surface area (TPSA) is 44.5 Å². The standard InChI is InChI=1S/C13H16ClNO2/c1-8(15)13(2-3-13)10-5-12-9(4-11(10)14)6-16-7-17-12/h4-5,8H,2-3,6-7,15H2,1H3. The SMILES string of the molecule is CC(N)C1(c2cc3c(cc2Cl)COCO3)CC1. The molecule has 1 aromatic carbocycles. The van der Waals surface area contributed by atoms with Gasteiger partial charge in [0.1, 0.15) is 5.75 Å². The molecule has 2 N–H and O–H groups in total. The van der Waals surface area contributed by atoms with E-state index in [9.17, 15) is 0 Å². The Kier molecular flexibility index (Phi) is 2.58. The van der Waals surface area contributed by atoms with Gasteiger partial charge in [-0.3, -0.25) is 0 Å². The third kappa shape index (κ3) is 1.73. The molecule has 1 atom stereocenters. The average Bonchev–Trinajstić information content (AvgIpc) is 3.09. The number of nitrogens with two attached hydrogens (primary N) is 1. The van der Waals surface area contributed by atoms with Crippen molar-refractivity contribution in [2.75, 3.05) is 6.79 Å². The third-order valence-corrected chi connectivity index (χ3v) is 4.21. The third-order valence-electron chi connectivity index (χ3n) is 3.90. The van der Waals surface area contributed by atoms with Gasteiger partial charge in [-0.1, -0.05) is 11.6 Å². The summed E-state index contributed by atoms with van der Waals surface area (Å²) in [7, 11) is 0. The zero-order chi connectivity index (χ0) is 12.0. The number of hydrogen-bond acceptors (Lipinski definition) is 3. The molecule has 0 amide bonds. The van der Waals surface area contributed by atoms with E-state index in [-0.39, 0.29) is 11.5 Å². The van der Waals surface area contributed by atoms with E-state index in [0.29, 0.717) is 13.4 Å². The lowest BCUT2D eigenvalue weighted by molar-refractivity contribution is -0.0164. The van der Waals surface area contributed by atoms with Crippen molar-refractivity contribution in [3.8, 4) is 5.75 Å². The number of fused-ring (bicyclic) bond motifs is 1. The summed E-state index contributed by atoms with van der Waals surface area (Å²) in [4.78, 5) is 0. The number of ether oxygens (including phenoxy) is 2. The van der Waals surface area contributed by atoms with E-state index in [1.54, 1.807) is 0 Å². The maximum absolute atomic E-state index is 6.36. The van der Waals surface area contributed by atoms with Crippen LogP contribution in [0.2, 0.25) is 5.02 Å². The summed E-state index contributed by atoms with van der Waals surface area (Å²) in [5, 5.41) is 0.785. The molecule has 0 radical (unpaired) electrons. The van der Waals surface area contributed by atoms with Crippen molar-refractivity contribution in [1.29, 1.82) is 0 Å². The molecule has 3 nitrogen and oxygen atoms in total. The summed E-state index contributed by atoms with van der Waals surface area (Å²) in [5.74, 6) is 0.891. The maximum Gasteiger partial charge on any atom is 0.189 e. The molecule has 1 aliphatic heterocycles. The Morgan fingerprint density at radius 2 is 2.18 bits per heavy atom. The Hall–Kier alpha value is -0.770. The van der Waals surface area contributed by atoms with Crippen LogP contribution < -0.4 is 10.5 Å². The van der Waals surface area contributed by atoms with Gasteiger partial charge in [0.05, 0.1) is 6.61 Å². The Balaban J connectivity index is 2.06. The highest BCUT2D eigenvalue weighted by molar-refractivity contribution is 6.31. The lowest BCUT2D eigenvalue weighted by Gasteiger charge is -2.25. The predicted octanol–water partition coefficient (Wildman–Crippen LogP) is 2.59. The maximum atomic E-state index is 6.36. The van der Waals surface area contributed by atoms with E-state index in [4.69, 9.17) is 26.8 Å². The van der Waals surface area contributed by atoms with E-state index in [1.165, 1.54) is 0 Å². The van der Waals surface area contributed by atoms with E-state index in [1.807, 2.05) is 13.0 Å². The van der Waals surface area contributed by atoms with Crippen LogP contribution in [0.4, 0.5) is 0 Å². The molecule has 1 saturated carbocycles. The molecule has 0 saturated heterocycles. The Morgan fingerprint density at radius 1 is 1.41 bits per heavy atom. The van der Waals surface area contributed by atoms with Crippen LogP contribution in [-0.2, 0) is 16.8 Å². The molecule has 1 fully saturated rings. The smallest absolute Gasteiger partial charge is 0.189 e. The van der Waals surface area contributed by atoms with Crippen LogP contribution in [0.3, 0.4) is 0 Å². The van der Waals surface area contributed by atoms with E-state index >= 15 is 0 Å². The largest absolute Gasteiger partial charge is 0.467 e. The molecule has 0 bridgehead atoms. The van der Waals surface area contributed by atoms with Gasteiger partial charge in [0.2, 0.25) is 0 Å². The van der Waals surface area contributed by atoms with Gasteiger partial charge in [0.15, 0.2) is 6.79 Å². The highest BCUT2D eigenvalue weighted by Gasteiger charge is 2.49. The van der Waals surface area contributed by atoms with E-state index < -0.39 is 0 Å². The van der Waals surface area contributed by atoms with Crippen molar-refractivity contribution in [2.45, 2.75) is 37.8 Å². The number of hydrogen-bond donors (Lipinski definition) is 1. The first-order valence-corrected chi connectivity index (χ1v) is 6.30. The molecule has 4 heteroatoms. The zero-order valence-corrected chi connectivity index (χ0v) is 10.6. The minimum Gasteiger partial charge on any atom is -0.467 e. The molecule has 17 heavy (non-hydrogen) atoms. The van der Waals surface area contributed by atoms with Gasteiger partial charge in [-0.25, -0.2) is 0 Å². The quantitative estimate of drug-likeness (QED) is 0.881. The number of halogens is 1. The second-order valence-corrected chi connectivity index (χ2v) is 5.40. The lowest BCUT2D eigenvalue weighted by atomic mass is 9.88. The summed E-state index contributed by atoms with van der Waals surface area (Å²) in [6.45, 7) is 2.94. The van der Waals surface area contributed by atoms with Crippen molar-refractivity contribution in [1.82, 2.24) is 0 Å². The summed E-state index contributed by atoms with van der Waals surface area (Å²) in [6, 6.07) is 4.13. The average molecular weight is 254 g/mol.